The fraction of sp³-hybridized carbons (Fsp3) is 0.263. The molecular weight excluding hydrogens is 360 g/mol. The van der Waals surface area contributed by atoms with E-state index >= 15 is 0 Å². The van der Waals surface area contributed by atoms with Crippen molar-refractivity contribution in [1.29, 1.82) is 0 Å². The minimum absolute atomic E-state index is 0.226. The minimum Gasteiger partial charge on any atom is -0.366 e. The van der Waals surface area contributed by atoms with Gasteiger partial charge >= 0.3 is 0 Å². The molecule has 2 aromatic rings. The van der Waals surface area contributed by atoms with E-state index in [0.717, 1.165) is 23.0 Å². The molecule has 4 nitrogen and oxygen atoms in total. The molecular formula is C19H19ClO4S. The van der Waals surface area contributed by atoms with Gasteiger partial charge in [-0.3, -0.25) is 4.18 Å². The van der Waals surface area contributed by atoms with E-state index in [1.54, 1.807) is 0 Å². The van der Waals surface area contributed by atoms with Crippen LogP contribution in [-0.2, 0) is 19.0 Å². The molecule has 25 heavy (non-hydrogen) atoms. The number of ether oxygens (including phenoxy) is 1. The molecule has 3 rings (SSSR count). The summed E-state index contributed by atoms with van der Waals surface area (Å²) in [6.07, 6.45) is 2.80. The van der Waals surface area contributed by atoms with Gasteiger partial charge in [0.25, 0.3) is 10.1 Å². The Kier molecular flexibility index (Phi) is 5.59. The van der Waals surface area contributed by atoms with Crippen LogP contribution in [0.3, 0.4) is 0 Å². The van der Waals surface area contributed by atoms with Crippen LogP contribution in [0.2, 0.25) is 5.02 Å². The van der Waals surface area contributed by atoms with Gasteiger partial charge in [-0.1, -0.05) is 60.1 Å². The Bertz CT molecular complexity index is 845. The van der Waals surface area contributed by atoms with Crippen molar-refractivity contribution in [3.63, 3.8) is 0 Å². The standard InChI is InChI=1S/C19H19ClO4S/c1-25(21,22)24-18-12-16(11-14-7-9-17(20)10-8-14)19(23-13-18)15-5-3-2-4-6-15/h2-11,18-19H,12-13H2,1H3/b16-11-/t18-,19+/m0/s1. The summed E-state index contributed by atoms with van der Waals surface area (Å²) >= 11 is 5.94. The average Bonchev–Trinajstić information content (AvgIpc) is 2.57. The summed E-state index contributed by atoms with van der Waals surface area (Å²) in [5.41, 5.74) is 2.97. The maximum atomic E-state index is 11.4. The van der Waals surface area contributed by atoms with Crippen LogP contribution in [0.5, 0.6) is 0 Å². The second-order valence-corrected chi connectivity index (χ2v) is 8.06. The zero-order valence-corrected chi connectivity index (χ0v) is 15.3. The summed E-state index contributed by atoms with van der Waals surface area (Å²) in [5, 5.41) is 0.667. The van der Waals surface area contributed by atoms with Crippen molar-refractivity contribution >= 4 is 27.8 Å². The fourth-order valence-corrected chi connectivity index (χ4v) is 3.64. The summed E-state index contributed by atoms with van der Waals surface area (Å²) in [6.45, 7) is 0.227. The highest BCUT2D eigenvalue weighted by Gasteiger charge is 2.30. The first-order valence-electron chi connectivity index (χ1n) is 7.91. The van der Waals surface area contributed by atoms with Gasteiger partial charge in [-0.05, 0) is 28.8 Å². The molecule has 0 aliphatic carbocycles. The zero-order chi connectivity index (χ0) is 17.9. The summed E-state index contributed by atoms with van der Waals surface area (Å²) in [5.74, 6) is 0. The Morgan fingerprint density at radius 3 is 2.44 bits per heavy atom. The SMILES string of the molecule is CS(=O)(=O)O[C@@H]1CO[C@H](c2ccccc2)/C(=C\c2ccc(Cl)cc2)C1. The molecule has 1 aliphatic rings. The van der Waals surface area contributed by atoms with Gasteiger partial charge in [0.1, 0.15) is 12.2 Å². The predicted octanol–water partition coefficient (Wildman–Crippen LogP) is 4.23. The summed E-state index contributed by atoms with van der Waals surface area (Å²) in [7, 11) is -3.53. The van der Waals surface area contributed by atoms with Gasteiger partial charge in [0.05, 0.1) is 12.9 Å². The van der Waals surface area contributed by atoms with Crippen molar-refractivity contribution in [2.45, 2.75) is 18.6 Å². The maximum Gasteiger partial charge on any atom is 0.264 e. The number of rotatable bonds is 4. The highest BCUT2D eigenvalue weighted by Crippen LogP contribution is 2.35. The molecule has 1 fully saturated rings. The molecule has 1 aliphatic heterocycles. The monoisotopic (exact) mass is 378 g/mol. The Morgan fingerprint density at radius 1 is 1.12 bits per heavy atom. The van der Waals surface area contributed by atoms with Crippen LogP contribution < -0.4 is 0 Å². The van der Waals surface area contributed by atoms with Crippen LogP contribution in [-0.4, -0.2) is 27.4 Å². The third-order valence-electron chi connectivity index (χ3n) is 3.88. The molecule has 2 aromatic carbocycles. The molecule has 0 bridgehead atoms. The molecule has 0 unspecified atom stereocenters. The third kappa shape index (κ3) is 5.16. The van der Waals surface area contributed by atoms with Crippen molar-refractivity contribution in [2.75, 3.05) is 12.9 Å². The Morgan fingerprint density at radius 2 is 1.80 bits per heavy atom. The quantitative estimate of drug-likeness (QED) is 0.747. The molecule has 6 heteroatoms. The Balaban J connectivity index is 1.91. The summed E-state index contributed by atoms with van der Waals surface area (Å²) in [6, 6.07) is 17.3. The van der Waals surface area contributed by atoms with Crippen LogP contribution in [0.15, 0.2) is 60.2 Å². The maximum absolute atomic E-state index is 11.4. The first kappa shape index (κ1) is 18.1. The van der Waals surface area contributed by atoms with E-state index in [1.807, 2.05) is 60.7 Å². The van der Waals surface area contributed by atoms with Gasteiger partial charge in [0, 0.05) is 11.4 Å². The van der Waals surface area contributed by atoms with Crippen molar-refractivity contribution in [1.82, 2.24) is 0 Å². The largest absolute Gasteiger partial charge is 0.366 e. The molecule has 0 saturated carbocycles. The van der Waals surface area contributed by atoms with Crippen LogP contribution >= 0.6 is 11.6 Å². The van der Waals surface area contributed by atoms with Gasteiger partial charge in [0.15, 0.2) is 0 Å². The van der Waals surface area contributed by atoms with Crippen LogP contribution in [0.25, 0.3) is 6.08 Å². The van der Waals surface area contributed by atoms with E-state index in [4.69, 9.17) is 20.5 Å². The predicted molar refractivity (Wildman–Crippen MR) is 98.9 cm³/mol. The number of hydrogen-bond acceptors (Lipinski definition) is 4. The normalized spacial score (nSPS) is 22.9. The topological polar surface area (TPSA) is 52.6 Å². The highest BCUT2D eigenvalue weighted by molar-refractivity contribution is 7.86. The molecule has 0 amide bonds. The number of halogens is 1. The van der Waals surface area contributed by atoms with Crippen molar-refractivity contribution in [3.8, 4) is 0 Å². The van der Waals surface area contributed by atoms with Gasteiger partial charge in [-0.15, -0.1) is 0 Å². The minimum atomic E-state index is -3.53. The molecule has 1 heterocycles. The summed E-state index contributed by atoms with van der Waals surface area (Å²) in [4.78, 5) is 0. The summed E-state index contributed by atoms with van der Waals surface area (Å²) < 4.78 is 34.0. The second-order valence-electron chi connectivity index (χ2n) is 6.02. The zero-order valence-electron chi connectivity index (χ0n) is 13.8. The molecule has 1 saturated heterocycles. The van der Waals surface area contributed by atoms with Crippen LogP contribution in [0, 0.1) is 0 Å². The lowest BCUT2D eigenvalue weighted by Gasteiger charge is -2.31. The molecule has 0 aromatic heterocycles. The van der Waals surface area contributed by atoms with E-state index in [2.05, 4.69) is 0 Å². The third-order valence-corrected chi connectivity index (χ3v) is 4.76. The smallest absolute Gasteiger partial charge is 0.264 e. The van der Waals surface area contributed by atoms with Gasteiger partial charge in [-0.25, -0.2) is 0 Å². The number of hydrogen-bond donors (Lipinski definition) is 0. The first-order chi connectivity index (χ1) is 11.9. The van der Waals surface area contributed by atoms with Gasteiger partial charge in [0.2, 0.25) is 0 Å². The van der Waals surface area contributed by atoms with E-state index in [-0.39, 0.29) is 12.7 Å². The molecule has 0 N–H and O–H groups in total. The first-order valence-corrected chi connectivity index (χ1v) is 10.1. The van der Waals surface area contributed by atoms with Crippen LogP contribution in [0.4, 0.5) is 0 Å². The van der Waals surface area contributed by atoms with Crippen molar-refractivity contribution in [2.24, 2.45) is 0 Å². The number of benzene rings is 2. The highest BCUT2D eigenvalue weighted by atomic mass is 35.5. The molecule has 132 valence electrons. The lowest BCUT2D eigenvalue weighted by atomic mass is 9.92. The second kappa shape index (κ2) is 7.70. The molecule has 2 atom stereocenters. The fourth-order valence-electron chi connectivity index (χ4n) is 2.89. The lowest BCUT2D eigenvalue weighted by Crippen LogP contribution is -2.31. The van der Waals surface area contributed by atoms with E-state index in [1.165, 1.54) is 0 Å². The Hall–Kier alpha value is -1.66. The van der Waals surface area contributed by atoms with Crippen LogP contribution in [0.1, 0.15) is 23.7 Å². The van der Waals surface area contributed by atoms with Gasteiger partial charge in [-0.2, -0.15) is 8.42 Å². The molecule has 0 spiro atoms. The lowest BCUT2D eigenvalue weighted by molar-refractivity contribution is -0.0116. The van der Waals surface area contributed by atoms with E-state index in [9.17, 15) is 8.42 Å². The van der Waals surface area contributed by atoms with E-state index < -0.39 is 16.2 Å². The van der Waals surface area contributed by atoms with Gasteiger partial charge < -0.3 is 4.74 Å². The van der Waals surface area contributed by atoms with Crippen molar-refractivity contribution in [3.05, 3.63) is 76.3 Å². The van der Waals surface area contributed by atoms with Crippen molar-refractivity contribution < 1.29 is 17.3 Å². The molecule has 0 radical (unpaired) electrons. The van der Waals surface area contributed by atoms with E-state index in [0.29, 0.717) is 11.4 Å². The average molecular weight is 379 g/mol. The Labute approximate surface area is 153 Å².